The zero-order chi connectivity index (χ0) is 16.6. The lowest BCUT2D eigenvalue weighted by atomic mass is 9.93. The van der Waals surface area contributed by atoms with Crippen LogP contribution in [0.1, 0.15) is 24.0 Å². The minimum absolute atomic E-state index is 0.152. The Morgan fingerprint density at radius 3 is 2.57 bits per heavy atom. The molecule has 3 rings (SSSR count). The van der Waals surface area contributed by atoms with Crippen molar-refractivity contribution in [3.63, 3.8) is 0 Å². The number of nitrogens with zero attached hydrogens (tertiary/aromatic N) is 3. The molecule has 0 saturated carbocycles. The predicted molar refractivity (Wildman–Crippen MR) is 81.6 cm³/mol. The highest BCUT2D eigenvalue weighted by Gasteiger charge is 2.37. The van der Waals surface area contributed by atoms with E-state index in [2.05, 4.69) is 5.10 Å². The van der Waals surface area contributed by atoms with E-state index < -0.39 is 17.9 Å². The fourth-order valence-corrected chi connectivity index (χ4v) is 2.95. The van der Waals surface area contributed by atoms with Gasteiger partial charge in [-0.25, -0.2) is 9.80 Å². The van der Waals surface area contributed by atoms with E-state index in [1.165, 1.54) is 11.9 Å². The molecule has 0 saturated heterocycles. The molecule has 1 N–H and O–H groups in total. The maximum absolute atomic E-state index is 12.7. The maximum Gasteiger partial charge on any atom is 0.326 e. The van der Waals surface area contributed by atoms with Gasteiger partial charge in [0.2, 0.25) is 5.91 Å². The molecular weight excluding hydrogens is 298 g/mol. The smallest absolute Gasteiger partial charge is 0.326 e. The molecule has 7 heteroatoms. The van der Waals surface area contributed by atoms with Crippen molar-refractivity contribution in [1.82, 2.24) is 9.91 Å². The van der Waals surface area contributed by atoms with Crippen molar-refractivity contribution in [2.24, 2.45) is 5.10 Å². The van der Waals surface area contributed by atoms with Crippen LogP contribution in [0.3, 0.4) is 0 Å². The summed E-state index contributed by atoms with van der Waals surface area (Å²) in [5.41, 5.74) is 2.12. The third-order valence-corrected chi connectivity index (χ3v) is 4.25. The molecule has 7 nitrogen and oxygen atoms in total. The molecule has 0 aromatic heterocycles. The van der Waals surface area contributed by atoms with Crippen LogP contribution >= 0.6 is 0 Å². The first kappa shape index (κ1) is 15.2. The molecule has 0 spiro atoms. The van der Waals surface area contributed by atoms with Crippen molar-refractivity contribution in [2.75, 3.05) is 7.05 Å². The van der Waals surface area contributed by atoms with Crippen LogP contribution in [-0.2, 0) is 27.3 Å². The average Bonchev–Trinajstić information content (AvgIpc) is 2.55. The van der Waals surface area contributed by atoms with Gasteiger partial charge in [0.1, 0.15) is 11.8 Å². The fraction of sp³-hybridized carbons (Fsp3) is 0.375. The van der Waals surface area contributed by atoms with Crippen LogP contribution in [0.5, 0.6) is 0 Å². The van der Waals surface area contributed by atoms with Crippen molar-refractivity contribution in [3.8, 4) is 0 Å². The average molecular weight is 315 g/mol. The molecule has 1 unspecified atom stereocenters. The Bertz CT molecular complexity index is 713. The molecule has 0 radical (unpaired) electrons. The summed E-state index contributed by atoms with van der Waals surface area (Å²) in [7, 11) is 1.49. The van der Waals surface area contributed by atoms with E-state index in [1.807, 2.05) is 24.3 Å². The molecule has 1 aromatic rings. The van der Waals surface area contributed by atoms with Gasteiger partial charge in [0.15, 0.2) is 0 Å². The number of aliphatic carboxylic acids is 1. The molecular formula is C16H17N3O4. The van der Waals surface area contributed by atoms with E-state index in [9.17, 15) is 19.5 Å². The normalized spacial score (nSPS) is 20.8. The zero-order valence-corrected chi connectivity index (χ0v) is 12.7. The van der Waals surface area contributed by atoms with Crippen LogP contribution in [0.2, 0.25) is 0 Å². The van der Waals surface area contributed by atoms with Crippen LogP contribution in [0, 0.1) is 0 Å². The van der Waals surface area contributed by atoms with E-state index in [0.717, 1.165) is 16.1 Å². The second-order valence-electron chi connectivity index (χ2n) is 5.72. The quantitative estimate of drug-likeness (QED) is 0.867. The van der Waals surface area contributed by atoms with Gasteiger partial charge in [-0.05, 0) is 11.1 Å². The van der Waals surface area contributed by atoms with Crippen LogP contribution in [0.25, 0.3) is 0 Å². The van der Waals surface area contributed by atoms with E-state index in [-0.39, 0.29) is 37.4 Å². The minimum atomic E-state index is -1.03. The van der Waals surface area contributed by atoms with Gasteiger partial charge in [-0.3, -0.25) is 9.59 Å². The highest BCUT2D eigenvalue weighted by Crippen LogP contribution is 2.24. The summed E-state index contributed by atoms with van der Waals surface area (Å²) in [6.07, 6.45) is 0.731. The Kier molecular flexibility index (Phi) is 3.85. The molecule has 23 heavy (non-hydrogen) atoms. The molecule has 0 aliphatic carbocycles. The summed E-state index contributed by atoms with van der Waals surface area (Å²) >= 11 is 0. The largest absolute Gasteiger partial charge is 0.480 e. The van der Waals surface area contributed by atoms with Crippen molar-refractivity contribution in [2.45, 2.75) is 31.8 Å². The van der Waals surface area contributed by atoms with Gasteiger partial charge in [0.25, 0.3) is 5.91 Å². The molecule has 1 atom stereocenters. The van der Waals surface area contributed by atoms with Crippen molar-refractivity contribution < 1.29 is 19.5 Å². The number of hydrogen-bond donors (Lipinski definition) is 1. The summed E-state index contributed by atoms with van der Waals surface area (Å²) in [4.78, 5) is 37.1. The number of hydrogen-bond acceptors (Lipinski definition) is 4. The van der Waals surface area contributed by atoms with Crippen LogP contribution < -0.4 is 0 Å². The molecule has 2 aliphatic heterocycles. The number of benzene rings is 1. The summed E-state index contributed by atoms with van der Waals surface area (Å²) < 4.78 is 0. The second kappa shape index (κ2) is 5.83. The molecule has 2 aliphatic rings. The Morgan fingerprint density at radius 1 is 1.22 bits per heavy atom. The fourth-order valence-electron chi connectivity index (χ4n) is 2.95. The number of carbonyl (C=O) groups is 3. The van der Waals surface area contributed by atoms with Crippen molar-refractivity contribution >= 4 is 23.5 Å². The van der Waals surface area contributed by atoms with Crippen LogP contribution in [0.4, 0.5) is 0 Å². The molecule has 0 fully saturated rings. The number of hydrazone groups is 1. The predicted octanol–water partition coefficient (Wildman–Crippen LogP) is 0.633. The lowest BCUT2D eigenvalue weighted by Gasteiger charge is -2.35. The Balaban J connectivity index is 1.91. The van der Waals surface area contributed by atoms with Crippen molar-refractivity contribution in [1.29, 1.82) is 0 Å². The minimum Gasteiger partial charge on any atom is -0.480 e. The third-order valence-electron chi connectivity index (χ3n) is 4.25. The first-order chi connectivity index (χ1) is 11.0. The highest BCUT2D eigenvalue weighted by molar-refractivity contribution is 6.39. The molecule has 1 aromatic carbocycles. The van der Waals surface area contributed by atoms with Gasteiger partial charge in [-0.15, -0.1) is 0 Å². The Morgan fingerprint density at radius 2 is 1.91 bits per heavy atom. The van der Waals surface area contributed by atoms with Crippen LogP contribution in [-0.4, -0.2) is 51.6 Å². The van der Waals surface area contributed by atoms with Gasteiger partial charge >= 0.3 is 5.97 Å². The standard InChI is InChI=1S/C16H17N3O4/c1-18-14(20)7-6-12(17-18)15(21)19-9-11-5-3-2-4-10(11)8-13(19)16(22)23/h2-5,13H,6-9H2,1H3,(H,22,23). The van der Waals surface area contributed by atoms with Crippen LogP contribution in [0.15, 0.2) is 29.4 Å². The summed E-state index contributed by atoms with van der Waals surface area (Å²) in [5, 5.41) is 14.6. The molecule has 2 amide bonds. The van der Waals surface area contributed by atoms with Gasteiger partial charge in [-0.1, -0.05) is 24.3 Å². The lowest BCUT2D eigenvalue weighted by Crippen LogP contribution is -2.51. The molecule has 2 heterocycles. The highest BCUT2D eigenvalue weighted by atomic mass is 16.4. The summed E-state index contributed by atoms with van der Waals surface area (Å²) in [5.74, 6) is -1.60. The number of carboxylic acids is 1. The van der Waals surface area contributed by atoms with E-state index >= 15 is 0 Å². The second-order valence-corrected chi connectivity index (χ2v) is 5.72. The summed E-state index contributed by atoms with van der Waals surface area (Å²) in [6.45, 7) is 0.239. The first-order valence-corrected chi connectivity index (χ1v) is 7.42. The monoisotopic (exact) mass is 315 g/mol. The summed E-state index contributed by atoms with van der Waals surface area (Å²) in [6, 6.07) is 6.60. The number of carbonyl (C=O) groups excluding carboxylic acids is 2. The molecule has 0 bridgehead atoms. The van der Waals surface area contributed by atoms with Gasteiger partial charge in [0, 0.05) is 32.9 Å². The van der Waals surface area contributed by atoms with E-state index in [1.54, 1.807) is 0 Å². The van der Waals surface area contributed by atoms with Gasteiger partial charge in [-0.2, -0.15) is 5.10 Å². The van der Waals surface area contributed by atoms with E-state index in [4.69, 9.17) is 0 Å². The topological polar surface area (TPSA) is 90.3 Å². The third kappa shape index (κ3) is 2.81. The Hall–Kier alpha value is -2.70. The maximum atomic E-state index is 12.7. The molecule has 120 valence electrons. The number of fused-ring (bicyclic) bond motifs is 1. The lowest BCUT2D eigenvalue weighted by molar-refractivity contribution is -0.149. The van der Waals surface area contributed by atoms with Gasteiger partial charge in [0.05, 0.1) is 0 Å². The zero-order valence-electron chi connectivity index (χ0n) is 12.7. The Labute approximate surface area is 133 Å². The SMILES string of the molecule is CN1N=C(C(=O)N2Cc3ccccc3CC2C(=O)O)CCC1=O. The van der Waals surface area contributed by atoms with Crippen molar-refractivity contribution in [3.05, 3.63) is 35.4 Å². The number of rotatable bonds is 2. The first-order valence-electron chi connectivity index (χ1n) is 7.42. The van der Waals surface area contributed by atoms with E-state index in [0.29, 0.717) is 0 Å². The van der Waals surface area contributed by atoms with Gasteiger partial charge < -0.3 is 10.0 Å². The number of amides is 2. The number of carboxylic acid groups (broad SMARTS) is 1.